The van der Waals surface area contributed by atoms with Crippen LogP contribution in [0.1, 0.15) is 95.8 Å². The minimum atomic E-state index is -1.92. The second-order valence-corrected chi connectivity index (χ2v) is 25.4. The van der Waals surface area contributed by atoms with Crippen LogP contribution in [-0.4, -0.2) is 190 Å². The first-order chi connectivity index (χ1) is 48.1. The molecular formula is C67H92N18O15S. The fraction of sp³-hybridized carbons (Fsp3) is 0.478. The number of fused-ring (bicyclic) bond motifs is 1. The van der Waals surface area contributed by atoms with Gasteiger partial charge in [-0.1, -0.05) is 101 Å². The van der Waals surface area contributed by atoms with Crippen LogP contribution in [0.3, 0.4) is 0 Å². The minimum Gasteiger partial charge on any atom is -0.508 e. The Morgan fingerprint density at radius 3 is 1.74 bits per heavy atom. The number of thioether (sulfide) groups is 1. The molecule has 10 atom stereocenters. The summed E-state index contributed by atoms with van der Waals surface area (Å²) >= 11 is 1.31. The maximum Gasteiger partial charge on any atom is 0.305 e. The summed E-state index contributed by atoms with van der Waals surface area (Å²) in [5.41, 5.74) is 29.8. The molecular weight excluding hydrogens is 1330 g/mol. The van der Waals surface area contributed by atoms with E-state index in [1.54, 1.807) is 94.7 Å². The topological polar surface area (TPSA) is 529 Å². The first-order valence-corrected chi connectivity index (χ1v) is 34.1. The van der Waals surface area contributed by atoms with Crippen LogP contribution in [0.25, 0.3) is 21.3 Å². The summed E-state index contributed by atoms with van der Waals surface area (Å²) in [6, 6.07) is 7.67. The van der Waals surface area contributed by atoms with Crippen LogP contribution >= 0.6 is 11.8 Å². The molecule has 0 aliphatic heterocycles. The molecule has 12 amide bonds. The molecule has 101 heavy (non-hydrogen) atoms. The number of hydrogen-bond donors (Lipinski definition) is 16. The van der Waals surface area contributed by atoms with E-state index in [2.05, 4.69) is 74.3 Å². The molecule has 4 aromatic rings. The Bertz CT molecular complexity index is 3600. The standard InChI is InChI=1S/C67H92N18O15S/c1-7-27-85(37-55(70)88)67(100)53(31-41-21-23-43(86)24-22-41)81-63(96)50(32-42-35-72-45-19-13-12-18-44(42)45)77-62(95)49(30-40-16-10-9-11-17-40)80-66(99)58(39(5)8-2)82-60(93)47(25-28-101-6)76-59(92)46(20-14-15-26-68)75-64(97)51(33-54(69)87)78-65(98)52(34-57(90)91)79-61(94)48(29-38(3)4)74-56(89)36-73-84-83-71/h1,9-13,16-19,21-24,35,38-39,46-53,58,72-73,86H,8,14-15,20,25-34,36-37,68H2,2-6H3,(H2,69,87)(H2,70,88)(H,74,89)(H,75,97)(H,76,92)(H,77,95)(H,78,98)(H,79,94)(H,80,99)(H,81,96)(H,82,93)(H,90,91)/t39-,46-,47-,48-,49-,50-,51-,52-,53-,58-/m0/s1. The number of phenolic OH excluding ortho intramolecular Hbond substituents is 1. The van der Waals surface area contributed by atoms with Crippen LogP contribution in [0.2, 0.25) is 0 Å². The molecule has 0 bridgehead atoms. The van der Waals surface area contributed by atoms with Crippen molar-refractivity contribution in [3.8, 4) is 18.1 Å². The maximum atomic E-state index is 15.1. The average molecular weight is 1420 g/mol. The fourth-order valence-corrected chi connectivity index (χ4v) is 11.1. The summed E-state index contributed by atoms with van der Waals surface area (Å²) in [5.74, 6) is -11.4. The lowest BCUT2D eigenvalue weighted by atomic mass is 9.96. The van der Waals surface area contributed by atoms with Gasteiger partial charge in [-0.3, -0.25) is 67.8 Å². The molecule has 0 aliphatic rings. The molecule has 0 aliphatic carbocycles. The number of carbonyl (C=O) groups excluding carboxylic acids is 12. The van der Waals surface area contributed by atoms with Gasteiger partial charge in [-0.2, -0.15) is 16.7 Å². The van der Waals surface area contributed by atoms with E-state index in [0.29, 0.717) is 34.0 Å². The van der Waals surface area contributed by atoms with Crippen LogP contribution in [-0.2, 0) is 81.6 Å². The van der Waals surface area contributed by atoms with E-state index in [1.807, 2.05) is 0 Å². The number of nitrogens with one attached hydrogen (secondary N) is 11. The van der Waals surface area contributed by atoms with Gasteiger partial charge in [0.25, 0.3) is 5.91 Å². The molecule has 0 spiro atoms. The van der Waals surface area contributed by atoms with Gasteiger partial charge in [-0.25, -0.2) is 0 Å². The molecule has 3 aromatic carbocycles. The van der Waals surface area contributed by atoms with Crippen molar-refractivity contribution >= 4 is 99.5 Å². The lowest BCUT2D eigenvalue weighted by Crippen LogP contribution is -2.62. The van der Waals surface area contributed by atoms with Gasteiger partial charge >= 0.3 is 5.97 Å². The molecule has 546 valence electrons. The molecule has 4 rings (SSSR count). The van der Waals surface area contributed by atoms with Crippen molar-refractivity contribution in [3.05, 3.63) is 112 Å². The highest BCUT2D eigenvalue weighted by molar-refractivity contribution is 7.98. The Labute approximate surface area is 588 Å². The number of terminal acetylenes is 1. The zero-order chi connectivity index (χ0) is 74.7. The van der Waals surface area contributed by atoms with E-state index >= 15 is 4.79 Å². The molecule has 1 heterocycles. The number of amides is 12. The molecule has 19 N–H and O–H groups in total. The number of aliphatic carboxylic acids is 1. The van der Waals surface area contributed by atoms with Gasteiger partial charge in [-0.05, 0) is 103 Å². The highest BCUT2D eigenvalue weighted by Gasteiger charge is 2.38. The number of H-pyrrole nitrogens is 1. The van der Waals surface area contributed by atoms with Crippen molar-refractivity contribution < 1.29 is 72.5 Å². The second kappa shape index (κ2) is 42.8. The molecule has 0 saturated heterocycles. The summed E-state index contributed by atoms with van der Waals surface area (Å²) in [5, 5.41) is 46.8. The quantitative estimate of drug-likeness (QED) is 0.00653. The number of nitrogens with two attached hydrogens (primary N) is 3. The smallest absolute Gasteiger partial charge is 0.305 e. The van der Waals surface area contributed by atoms with Crippen LogP contribution in [0.5, 0.6) is 5.75 Å². The summed E-state index contributed by atoms with van der Waals surface area (Å²) in [4.78, 5) is 186. The molecule has 33 nitrogen and oxygen atoms in total. The monoisotopic (exact) mass is 1420 g/mol. The number of benzene rings is 3. The summed E-state index contributed by atoms with van der Waals surface area (Å²) in [6.45, 7) is 5.47. The van der Waals surface area contributed by atoms with Crippen molar-refractivity contribution in [1.82, 2.24) is 63.2 Å². The van der Waals surface area contributed by atoms with Gasteiger partial charge in [0.1, 0.15) is 66.7 Å². The third-order valence-electron chi connectivity index (χ3n) is 16.0. The number of aromatic amines is 1. The number of unbranched alkanes of at least 4 members (excludes halogenated alkanes) is 1. The first-order valence-electron chi connectivity index (χ1n) is 32.7. The highest BCUT2D eigenvalue weighted by Crippen LogP contribution is 2.21. The third-order valence-corrected chi connectivity index (χ3v) is 16.6. The predicted molar refractivity (Wildman–Crippen MR) is 374 cm³/mol. The van der Waals surface area contributed by atoms with E-state index < -0.39 is 163 Å². The molecule has 34 heteroatoms. The van der Waals surface area contributed by atoms with Crippen LogP contribution in [0.4, 0.5) is 0 Å². The number of primary amides is 2. The number of carbonyl (C=O) groups is 13. The highest BCUT2D eigenvalue weighted by atomic mass is 32.2. The lowest BCUT2D eigenvalue weighted by molar-refractivity contribution is -0.142. The number of para-hydroxylation sites is 1. The summed E-state index contributed by atoms with van der Waals surface area (Å²) < 4.78 is 0. The zero-order valence-corrected chi connectivity index (χ0v) is 57.8. The Morgan fingerprint density at radius 1 is 0.634 bits per heavy atom. The Hall–Kier alpha value is -10.9. The van der Waals surface area contributed by atoms with Gasteiger partial charge in [0.15, 0.2) is 6.54 Å². The number of carboxylic acids is 1. The minimum absolute atomic E-state index is 0.0109. The molecule has 0 saturated carbocycles. The van der Waals surface area contributed by atoms with E-state index in [1.165, 1.54) is 36.0 Å². The van der Waals surface area contributed by atoms with E-state index in [4.69, 9.17) is 29.2 Å². The van der Waals surface area contributed by atoms with Crippen LogP contribution < -0.4 is 70.5 Å². The van der Waals surface area contributed by atoms with Crippen molar-refractivity contribution in [2.75, 3.05) is 38.2 Å². The second-order valence-electron chi connectivity index (χ2n) is 24.4. The Kier molecular flexibility index (Phi) is 35.0. The number of aromatic hydroxyl groups is 1. The lowest BCUT2D eigenvalue weighted by Gasteiger charge is -2.30. The number of carboxylic acid groups (broad SMARTS) is 1. The van der Waals surface area contributed by atoms with Crippen molar-refractivity contribution in [2.24, 2.45) is 34.3 Å². The van der Waals surface area contributed by atoms with E-state index in [0.717, 1.165) is 4.90 Å². The van der Waals surface area contributed by atoms with Crippen LogP contribution in [0.15, 0.2) is 90.3 Å². The average Bonchev–Trinajstić information content (AvgIpc) is 1.77. The Balaban J connectivity index is 1.68. The number of aromatic nitrogens is 1. The van der Waals surface area contributed by atoms with Gasteiger partial charge in [0.05, 0.1) is 19.4 Å². The normalized spacial score (nSPS) is 13.9. The Morgan fingerprint density at radius 2 is 1.16 bits per heavy atom. The summed E-state index contributed by atoms with van der Waals surface area (Å²) in [6.07, 6.45) is 7.14. The summed E-state index contributed by atoms with van der Waals surface area (Å²) in [7, 11) is 0. The fourth-order valence-electron chi connectivity index (χ4n) is 10.6. The van der Waals surface area contributed by atoms with Crippen molar-refractivity contribution in [3.63, 3.8) is 0 Å². The number of nitrogens with zero attached hydrogens (tertiary/aromatic N) is 4. The first kappa shape index (κ1) is 82.5. The molecule has 1 aromatic heterocycles. The van der Waals surface area contributed by atoms with Gasteiger partial charge in [0, 0.05) is 36.4 Å². The maximum absolute atomic E-state index is 15.1. The van der Waals surface area contributed by atoms with Gasteiger partial charge in [-0.15, -0.1) is 12.0 Å². The molecule has 0 radical (unpaired) electrons. The molecule has 0 fully saturated rings. The van der Waals surface area contributed by atoms with Crippen molar-refractivity contribution in [1.29, 1.82) is 0 Å². The number of azide groups is 1. The van der Waals surface area contributed by atoms with Crippen molar-refractivity contribution in [2.45, 2.75) is 153 Å². The van der Waals surface area contributed by atoms with E-state index in [9.17, 15) is 67.7 Å². The number of rotatable bonds is 45. The third kappa shape index (κ3) is 28.5. The number of phenols is 1. The van der Waals surface area contributed by atoms with E-state index in [-0.39, 0.29) is 81.9 Å². The number of hydrogen-bond acceptors (Lipinski definition) is 17. The largest absolute Gasteiger partial charge is 0.508 e. The predicted octanol–water partition coefficient (Wildman–Crippen LogP) is -0.649. The van der Waals surface area contributed by atoms with Gasteiger partial charge in [0.2, 0.25) is 65.0 Å². The molecule has 0 unspecified atom stereocenters. The zero-order valence-electron chi connectivity index (χ0n) is 57.0. The van der Waals surface area contributed by atoms with Crippen LogP contribution in [0, 0.1) is 24.2 Å². The SMILES string of the molecule is C#CCN(CC(N)=O)C(=O)[C@H](Cc1ccc(O)cc1)NC(=O)[C@H](Cc1c[nH]c2ccccc12)NC(=O)[C@H](Cc1ccccc1)NC(=O)[C@@H](NC(=O)[C@H](CCSC)NC(=O)[C@H](CCCCN)NC(=O)[C@H](CC(N)=O)NC(=O)[C@H](CC(=O)O)NC(=O)[C@H](CC(C)C)NC(=O)CNN=[N+]=[N-])[C@@H](C)CC. The van der Waals surface area contributed by atoms with Gasteiger partial charge < -0.3 is 85.1 Å².